The maximum absolute atomic E-state index is 12.6. The molecular formula is C17H17ClN4O2. The molecule has 0 aliphatic carbocycles. The number of benzene rings is 1. The molecule has 6 nitrogen and oxygen atoms in total. The fourth-order valence-corrected chi connectivity index (χ4v) is 2.85. The largest absolute Gasteiger partial charge is 0.443 e. The van der Waals surface area contributed by atoms with Gasteiger partial charge in [0.1, 0.15) is 0 Å². The highest BCUT2D eigenvalue weighted by Crippen LogP contribution is 2.30. The maximum Gasteiger partial charge on any atom is 0.274 e. The highest BCUT2D eigenvalue weighted by molar-refractivity contribution is 6.33. The van der Waals surface area contributed by atoms with Crippen LogP contribution < -0.4 is 5.32 Å². The molecular weight excluding hydrogens is 328 g/mol. The van der Waals surface area contributed by atoms with Crippen molar-refractivity contribution >= 4 is 17.5 Å². The van der Waals surface area contributed by atoms with Gasteiger partial charge >= 0.3 is 0 Å². The first kappa shape index (κ1) is 16.3. The predicted molar refractivity (Wildman–Crippen MR) is 90.8 cm³/mol. The molecule has 7 heteroatoms. The smallest absolute Gasteiger partial charge is 0.274 e. The van der Waals surface area contributed by atoms with Crippen LogP contribution >= 0.6 is 11.6 Å². The lowest BCUT2D eigenvalue weighted by Crippen LogP contribution is -2.27. The second-order valence-electron chi connectivity index (χ2n) is 5.55. The molecule has 2 aromatic heterocycles. The highest BCUT2D eigenvalue weighted by atomic mass is 35.5. The molecule has 0 aliphatic rings. The molecule has 1 atom stereocenters. The Hall–Kier alpha value is -2.60. The van der Waals surface area contributed by atoms with Crippen molar-refractivity contribution in [2.75, 3.05) is 0 Å². The van der Waals surface area contributed by atoms with Gasteiger partial charge in [-0.25, -0.2) is 4.98 Å². The van der Waals surface area contributed by atoms with Gasteiger partial charge in [-0.05, 0) is 26.0 Å². The van der Waals surface area contributed by atoms with Crippen molar-refractivity contribution in [1.82, 2.24) is 20.1 Å². The van der Waals surface area contributed by atoms with Crippen LogP contribution in [0.25, 0.3) is 11.3 Å². The summed E-state index contributed by atoms with van der Waals surface area (Å²) < 4.78 is 7.12. The lowest BCUT2D eigenvalue weighted by molar-refractivity contribution is 0.0935. The molecule has 124 valence electrons. The van der Waals surface area contributed by atoms with Gasteiger partial charge in [0.05, 0.1) is 16.8 Å². The molecule has 1 N–H and O–H groups in total. The van der Waals surface area contributed by atoms with E-state index in [-0.39, 0.29) is 17.6 Å². The number of nitrogens with one attached hydrogen (secondary N) is 1. The molecule has 0 bridgehead atoms. The van der Waals surface area contributed by atoms with Crippen molar-refractivity contribution in [3.63, 3.8) is 0 Å². The van der Waals surface area contributed by atoms with Crippen LogP contribution in [0, 0.1) is 6.92 Å². The van der Waals surface area contributed by atoms with Crippen LogP contribution in [0.15, 0.2) is 41.3 Å². The third kappa shape index (κ3) is 3.05. The molecule has 0 spiro atoms. The van der Waals surface area contributed by atoms with E-state index < -0.39 is 0 Å². The summed E-state index contributed by atoms with van der Waals surface area (Å²) >= 11 is 6.19. The third-order valence-corrected chi connectivity index (χ3v) is 4.10. The zero-order valence-electron chi connectivity index (χ0n) is 13.6. The fraction of sp³-hybridized carbons (Fsp3) is 0.235. The normalized spacial score (nSPS) is 12.2. The van der Waals surface area contributed by atoms with Crippen molar-refractivity contribution in [2.24, 2.45) is 7.05 Å². The number of carbonyl (C=O) groups excluding carboxylic acids is 1. The number of amides is 1. The van der Waals surface area contributed by atoms with Crippen LogP contribution in [0.5, 0.6) is 0 Å². The minimum Gasteiger partial charge on any atom is -0.443 e. The quantitative estimate of drug-likeness (QED) is 0.785. The summed E-state index contributed by atoms with van der Waals surface area (Å²) in [5, 5.41) is 7.72. The van der Waals surface area contributed by atoms with Gasteiger partial charge in [-0.2, -0.15) is 5.10 Å². The van der Waals surface area contributed by atoms with E-state index in [1.54, 1.807) is 16.8 Å². The van der Waals surface area contributed by atoms with Gasteiger partial charge in [-0.3, -0.25) is 9.48 Å². The first-order chi connectivity index (χ1) is 11.5. The van der Waals surface area contributed by atoms with Crippen LogP contribution in [0.3, 0.4) is 0 Å². The standard InChI is InChI=1S/C17H17ClN4O2/c1-10(13-8-22(3)21-11(13)2)20-17(23)15-16(24-9-19-15)12-6-4-5-7-14(12)18/h4-10H,1-3H3,(H,20,23)/t10-/m0/s1. The number of nitrogens with zero attached hydrogens (tertiary/aromatic N) is 3. The summed E-state index contributed by atoms with van der Waals surface area (Å²) in [6.45, 7) is 3.81. The first-order valence-electron chi connectivity index (χ1n) is 7.46. The molecule has 1 aromatic carbocycles. The van der Waals surface area contributed by atoms with E-state index in [2.05, 4.69) is 15.4 Å². The van der Waals surface area contributed by atoms with Gasteiger partial charge in [-0.15, -0.1) is 0 Å². The summed E-state index contributed by atoms with van der Waals surface area (Å²) in [6.07, 6.45) is 3.13. The SMILES string of the molecule is Cc1nn(C)cc1[C@H](C)NC(=O)c1ncoc1-c1ccccc1Cl. The van der Waals surface area contributed by atoms with E-state index in [0.717, 1.165) is 11.3 Å². The van der Waals surface area contributed by atoms with Crippen molar-refractivity contribution in [1.29, 1.82) is 0 Å². The highest BCUT2D eigenvalue weighted by Gasteiger charge is 2.22. The lowest BCUT2D eigenvalue weighted by Gasteiger charge is -2.12. The van der Waals surface area contributed by atoms with Gasteiger partial charge in [-0.1, -0.05) is 23.7 Å². The van der Waals surface area contributed by atoms with Gasteiger partial charge in [0.15, 0.2) is 17.8 Å². The number of hydrogen-bond acceptors (Lipinski definition) is 4. The Labute approximate surface area is 144 Å². The minimum absolute atomic E-state index is 0.205. The topological polar surface area (TPSA) is 73.0 Å². The summed E-state index contributed by atoms with van der Waals surface area (Å²) in [5.41, 5.74) is 2.66. The van der Waals surface area contributed by atoms with Crippen molar-refractivity contribution in [3.8, 4) is 11.3 Å². The molecule has 1 amide bonds. The molecule has 0 unspecified atom stereocenters. The predicted octanol–water partition coefficient (Wildman–Crippen LogP) is 3.53. The van der Waals surface area contributed by atoms with E-state index in [1.807, 2.05) is 39.2 Å². The zero-order chi connectivity index (χ0) is 17.3. The van der Waals surface area contributed by atoms with Gasteiger partial charge in [0.2, 0.25) is 0 Å². The Morgan fingerprint density at radius 1 is 1.38 bits per heavy atom. The van der Waals surface area contributed by atoms with E-state index in [0.29, 0.717) is 16.3 Å². The Bertz CT molecular complexity index is 884. The molecule has 0 fully saturated rings. The number of aromatic nitrogens is 3. The van der Waals surface area contributed by atoms with Crippen molar-refractivity contribution in [2.45, 2.75) is 19.9 Å². The molecule has 0 aliphatic heterocycles. The molecule has 0 saturated carbocycles. The molecule has 0 saturated heterocycles. The number of oxazole rings is 1. The van der Waals surface area contributed by atoms with Crippen LogP contribution in [-0.4, -0.2) is 20.7 Å². The Morgan fingerprint density at radius 3 is 2.79 bits per heavy atom. The monoisotopic (exact) mass is 344 g/mol. The molecule has 3 rings (SSSR count). The minimum atomic E-state index is -0.325. The van der Waals surface area contributed by atoms with Crippen molar-refractivity contribution in [3.05, 3.63) is 58.8 Å². The second-order valence-corrected chi connectivity index (χ2v) is 5.96. The van der Waals surface area contributed by atoms with Crippen molar-refractivity contribution < 1.29 is 9.21 Å². The summed E-state index contributed by atoms with van der Waals surface area (Å²) in [6, 6.07) is 6.96. The van der Waals surface area contributed by atoms with Gasteiger partial charge in [0.25, 0.3) is 5.91 Å². The molecule has 2 heterocycles. The molecule has 3 aromatic rings. The fourth-order valence-electron chi connectivity index (χ4n) is 2.63. The summed E-state index contributed by atoms with van der Waals surface area (Å²) in [7, 11) is 1.85. The van der Waals surface area contributed by atoms with Gasteiger partial charge in [0, 0.05) is 24.4 Å². The zero-order valence-corrected chi connectivity index (χ0v) is 14.3. The number of aryl methyl sites for hydroxylation is 2. The number of halogens is 1. The Kier molecular flexibility index (Phi) is 4.40. The lowest BCUT2D eigenvalue weighted by atomic mass is 10.1. The number of carbonyl (C=O) groups is 1. The Balaban J connectivity index is 1.86. The summed E-state index contributed by atoms with van der Waals surface area (Å²) in [5.74, 6) is 0.0302. The second kappa shape index (κ2) is 6.49. The van der Waals surface area contributed by atoms with E-state index in [1.165, 1.54) is 6.39 Å². The average molecular weight is 345 g/mol. The summed E-state index contributed by atoms with van der Waals surface area (Å²) in [4.78, 5) is 16.7. The van der Waals surface area contributed by atoms with Crippen LogP contribution in [0.4, 0.5) is 0 Å². The van der Waals surface area contributed by atoms with E-state index in [9.17, 15) is 4.79 Å². The van der Waals surface area contributed by atoms with E-state index in [4.69, 9.17) is 16.0 Å². The van der Waals surface area contributed by atoms with E-state index >= 15 is 0 Å². The average Bonchev–Trinajstić information content (AvgIpc) is 3.14. The first-order valence-corrected chi connectivity index (χ1v) is 7.84. The molecule has 24 heavy (non-hydrogen) atoms. The van der Waals surface area contributed by atoms with Crippen LogP contribution in [0.2, 0.25) is 5.02 Å². The Morgan fingerprint density at radius 2 is 2.12 bits per heavy atom. The third-order valence-electron chi connectivity index (χ3n) is 3.77. The number of rotatable bonds is 4. The maximum atomic E-state index is 12.6. The molecule has 0 radical (unpaired) electrons. The van der Waals surface area contributed by atoms with Crippen LogP contribution in [-0.2, 0) is 7.05 Å². The van der Waals surface area contributed by atoms with Gasteiger partial charge < -0.3 is 9.73 Å². The van der Waals surface area contributed by atoms with Crippen LogP contribution in [0.1, 0.15) is 34.7 Å². The number of hydrogen-bond donors (Lipinski definition) is 1.